The zero-order valence-electron chi connectivity index (χ0n) is 11.7. The van der Waals surface area contributed by atoms with Gasteiger partial charge in [0, 0.05) is 18.0 Å². The van der Waals surface area contributed by atoms with Crippen molar-refractivity contribution in [3.05, 3.63) is 73.1 Å². The second-order valence-corrected chi connectivity index (χ2v) is 4.86. The van der Waals surface area contributed by atoms with Crippen LogP contribution in [0.5, 0.6) is 0 Å². The Bertz CT molecular complexity index is 878. The van der Waals surface area contributed by atoms with Crippen molar-refractivity contribution in [2.45, 2.75) is 0 Å². The molecule has 0 aliphatic carbocycles. The molecular formula is C17H13N5. The quantitative estimate of drug-likeness (QED) is 0.629. The fourth-order valence-electron chi connectivity index (χ4n) is 2.31. The predicted octanol–water partition coefficient (Wildman–Crippen LogP) is 3.32. The van der Waals surface area contributed by atoms with Crippen LogP contribution >= 0.6 is 0 Å². The Morgan fingerprint density at radius 3 is 2.55 bits per heavy atom. The van der Waals surface area contributed by atoms with Crippen LogP contribution in [0.15, 0.2) is 73.1 Å². The second kappa shape index (κ2) is 5.29. The van der Waals surface area contributed by atoms with Crippen LogP contribution in [0.25, 0.3) is 28.5 Å². The lowest BCUT2D eigenvalue weighted by Gasteiger charge is -2.03. The third-order valence-electron chi connectivity index (χ3n) is 3.40. The van der Waals surface area contributed by atoms with Crippen LogP contribution in [0, 0.1) is 0 Å². The number of hydrogen-bond donors (Lipinski definition) is 1. The zero-order valence-corrected chi connectivity index (χ0v) is 11.7. The van der Waals surface area contributed by atoms with Gasteiger partial charge in [-0.2, -0.15) is 10.2 Å². The summed E-state index contributed by atoms with van der Waals surface area (Å²) in [6, 6.07) is 19.8. The summed E-state index contributed by atoms with van der Waals surface area (Å²) in [4.78, 5) is 4.62. The fourth-order valence-corrected chi connectivity index (χ4v) is 2.31. The van der Waals surface area contributed by atoms with Gasteiger partial charge >= 0.3 is 0 Å². The number of aromatic amines is 1. The molecule has 106 valence electrons. The molecule has 0 unspecified atom stereocenters. The topological polar surface area (TPSA) is 59.4 Å². The van der Waals surface area contributed by atoms with Crippen LogP contribution in [0.4, 0.5) is 0 Å². The third-order valence-corrected chi connectivity index (χ3v) is 3.40. The summed E-state index contributed by atoms with van der Waals surface area (Å²) < 4.78 is 1.78. The molecular weight excluding hydrogens is 274 g/mol. The Labute approximate surface area is 127 Å². The molecule has 5 nitrogen and oxygen atoms in total. The van der Waals surface area contributed by atoms with Gasteiger partial charge < -0.3 is 0 Å². The highest BCUT2D eigenvalue weighted by molar-refractivity contribution is 5.59. The summed E-state index contributed by atoms with van der Waals surface area (Å²) in [6.07, 6.45) is 3.63. The van der Waals surface area contributed by atoms with E-state index in [1.54, 1.807) is 10.9 Å². The van der Waals surface area contributed by atoms with E-state index in [9.17, 15) is 0 Å². The lowest BCUT2D eigenvalue weighted by molar-refractivity contribution is 0.851. The van der Waals surface area contributed by atoms with E-state index in [1.807, 2.05) is 66.9 Å². The summed E-state index contributed by atoms with van der Waals surface area (Å²) in [5.74, 6) is 0.772. The first-order valence-electron chi connectivity index (χ1n) is 6.98. The van der Waals surface area contributed by atoms with Crippen molar-refractivity contribution in [1.29, 1.82) is 0 Å². The minimum atomic E-state index is 0.772. The summed E-state index contributed by atoms with van der Waals surface area (Å²) >= 11 is 0. The molecule has 0 saturated carbocycles. The normalized spacial score (nSPS) is 10.7. The van der Waals surface area contributed by atoms with Crippen LogP contribution < -0.4 is 0 Å². The molecule has 0 saturated heterocycles. The second-order valence-electron chi connectivity index (χ2n) is 4.86. The van der Waals surface area contributed by atoms with Gasteiger partial charge in [0.2, 0.25) is 0 Å². The van der Waals surface area contributed by atoms with Gasteiger partial charge in [-0.15, -0.1) is 0 Å². The van der Waals surface area contributed by atoms with Crippen LogP contribution in [0.3, 0.4) is 0 Å². The molecule has 0 fully saturated rings. The molecule has 0 radical (unpaired) electrons. The smallest absolute Gasteiger partial charge is 0.154 e. The number of H-pyrrole nitrogens is 1. The summed E-state index contributed by atoms with van der Waals surface area (Å²) in [5, 5.41) is 11.5. The van der Waals surface area contributed by atoms with E-state index in [-0.39, 0.29) is 0 Å². The fraction of sp³-hybridized carbons (Fsp3) is 0. The van der Waals surface area contributed by atoms with Crippen molar-refractivity contribution in [2.24, 2.45) is 0 Å². The monoisotopic (exact) mass is 287 g/mol. The number of rotatable bonds is 3. The molecule has 5 heteroatoms. The Hall–Kier alpha value is -3.21. The molecule has 0 bridgehead atoms. The van der Waals surface area contributed by atoms with Crippen LogP contribution in [-0.2, 0) is 0 Å². The average molecular weight is 287 g/mol. The molecule has 1 aromatic carbocycles. The Kier molecular flexibility index (Phi) is 3.01. The average Bonchev–Trinajstić information content (AvgIpc) is 3.28. The van der Waals surface area contributed by atoms with Crippen LogP contribution in [-0.4, -0.2) is 25.0 Å². The summed E-state index contributed by atoms with van der Waals surface area (Å²) in [6.45, 7) is 0. The minimum Gasteiger partial charge on any atom is -0.276 e. The number of nitrogens with one attached hydrogen (secondary N) is 1. The lowest BCUT2D eigenvalue weighted by Crippen LogP contribution is -1.99. The molecule has 0 atom stereocenters. The highest BCUT2D eigenvalue weighted by Crippen LogP contribution is 2.19. The first kappa shape index (κ1) is 12.5. The summed E-state index contributed by atoms with van der Waals surface area (Å²) in [7, 11) is 0. The lowest BCUT2D eigenvalue weighted by atomic mass is 10.2. The highest BCUT2D eigenvalue weighted by Gasteiger charge is 2.06. The van der Waals surface area contributed by atoms with E-state index in [4.69, 9.17) is 0 Å². The van der Waals surface area contributed by atoms with E-state index in [2.05, 4.69) is 20.3 Å². The van der Waals surface area contributed by atoms with Crippen molar-refractivity contribution in [1.82, 2.24) is 25.0 Å². The number of nitrogens with zero attached hydrogens (tertiary/aromatic N) is 4. The van der Waals surface area contributed by atoms with Gasteiger partial charge in [0.15, 0.2) is 5.82 Å². The molecule has 1 N–H and O–H groups in total. The van der Waals surface area contributed by atoms with Crippen LogP contribution in [0.2, 0.25) is 0 Å². The molecule has 3 heterocycles. The maximum atomic E-state index is 4.62. The third kappa shape index (κ3) is 2.29. The summed E-state index contributed by atoms with van der Waals surface area (Å²) in [5.41, 5.74) is 3.74. The molecule has 4 aromatic rings. The van der Waals surface area contributed by atoms with Gasteiger partial charge in [-0.25, -0.2) is 9.67 Å². The van der Waals surface area contributed by atoms with Gasteiger partial charge in [-0.05, 0) is 24.3 Å². The van der Waals surface area contributed by atoms with Crippen molar-refractivity contribution in [2.75, 3.05) is 0 Å². The van der Waals surface area contributed by atoms with Gasteiger partial charge in [0.05, 0.1) is 17.1 Å². The molecule has 0 amide bonds. The van der Waals surface area contributed by atoms with E-state index in [0.717, 1.165) is 28.5 Å². The van der Waals surface area contributed by atoms with Crippen molar-refractivity contribution >= 4 is 0 Å². The number of pyridine rings is 1. The van der Waals surface area contributed by atoms with E-state index in [0.29, 0.717) is 0 Å². The van der Waals surface area contributed by atoms with Crippen molar-refractivity contribution in [3.63, 3.8) is 0 Å². The van der Waals surface area contributed by atoms with Crippen LogP contribution in [0.1, 0.15) is 0 Å². The number of aromatic nitrogens is 5. The van der Waals surface area contributed by atoms with E-state index in [1.165, 1.54) is 0 Å². The van der Waals surface area contributed by atoms with Crippen molar-refractivity contribution in [3.8, 4) is 28.5 Å². The molecule has 22 heavy (non-hydrogen) atoms. The molecule has 3 aromatic heterocycles. The minimum absolute atomic E-state index is 0.772. The van der Waals surface area contributed by atoms with Gasteiger partial charge in [-0.3, -0.25) is 5.10 Å². The maximum absolute atomic E-state index is 4.62. The van der Waals surface area contributed by atoms with Crippen molar-refractivity contribution < 1.29 is 0 Å². The number of hydrogen-bond acceptors (Lipinski definition) is 3. The SMILES string of the molecule is c1ccc(-c2ccn(-c3cccc(-c4ccn[nH]4)n3)n2)cc1. The Balaban J connectivity index is 1.71. The standard InChI is InChI=1S/C17H13N5/c1-2-5-13(6-3-1)14-10-12-22(21-14)17-8-4-7-15(19-17)16-9-11-18-20-16/h1-12H,(H,18,20). The maximum Gasteiger partial charge on any atom is 0.154 e. The molecule has 0 aliphatic rings. The zero-order chi connectivity index (χ0) is 14.8. The Morgan fingerprint density at radius 1 is 0.818 bits per heavy atom. The largest absolute Gasteiger partial charge is 0.276 e. The molecule has 4 rings (SSSR count). The van der Waals surface area contributed by atoms with Gasteiger partial charge in [0.1, 0.15) is 0 Å². The molecule has 0 aliphatic heterocycles. The first-order valence-corrected chi connectivity index (χ1v) is 6.98. The van der Waals surface area contributed by atoms with Gasteiger partial charge in [0.25, 0.3) is 0 Å². The van der Waals surface area contributed by atoms with E-state index < -0.39 is 0 Å². The first-order chi connectivity index (χ1) is 10.9. The highest BCUT2D eigenvalue weighted by atomic mass is 15.3. The number of benzene rings is 1. The van der Waals surface area contributed by atoms with Gasteiger partial charge in [-0.1, -0.05) is 36.4 Å². The Morgan fingerprint density at radius 2 is 1.73 bits per heavy atom. The molecule has 0 spiro atoms. The predicted molar refractivity (Wildman–Crippen MR) is 84.4 cm³/mol. The van der Waals surface area contributed by atoms with E-state index >= 15 is 0 Å².